The number of ether oxygens (including phenoxy) is 1. The van der Waals surface area contributed by atoms with Gasteiger partial charge in [-0.05, 0) is 18.2 Å². The van der Waals surface area contributed by atoms with Crippen molar-refractivity contribution in [3.8, 4) is 6.07 Å². The predicted molar refractivity (Wildman–Crippen MR) is 64.7 cm³/mol. The van der Waals surface area contributed by atoms with Crippen LogP contribution in [0.4, 0.5) is 0 Å². The summed E-state index contributed by atoms with van der Waals surface area (Å²) in [6.07, 6.45) is 0. The maximum atomic E-state index is 12.3. The van der Waals surface area contributed by atoms with E-state index in [0.29, 0.717) is 16.7 Å². The number of Topliss-reactive ketones (excluding diaryl/α,β-unsaturated/α-hetero) is 1. The van der Waals surface area contributed by atoms with Crippen LogP contribution in [0.25, 0.3) is 11.1 Å². The summed E-state index contributed by atoms with van der Waals surface area (Å²) < 4.78 is 11.3. The van der Waals surface area contributed by atoms with Gasteiger partial charge in [-0.25, -0.2) is 4.79 Å². The van der Waals surface area contributed by atoms with Gasteiger partial charge < -0.3 is 9.15 Å². The molecule has 0 bridgehead atoms. The van der Waals surface area contributed by atoms with Gasteiger partial charge in [0.2, 0.25) is 0 Å². The van der Waals surface area contributed by atoms with Crippen LogP contribution >= 0.6 is 0 Å². The average molecular weight is 258 g/mol. The van der Waals surface area contributed by atoms with Crippen molar-refractivity contribution >= 4 is 16.9 Å². The van der Waals surface area contributed by atoms with Crippen LogP contribution in [0.3, 0.4) is 0 Å². The number of oxazole rings is 1. The standard InChI is InChI=1S/C13H10N2O4/c1-15-9-4-8(2-3-10(9)19-12(15)17)11(16)13(5-14)6-18-7-13/h2-4H,6-7H2,1H3. The molecule has 0 unspecified atom stereocenters. The number of nitrogens with zero attached hydrogens (tertiary/aromatic N) is 2. The lowest BCUT2D eigenvalue weighted by atomic mass is 9.80. The van der Waals surface area contributed by atoms with E-state index in [2.05, 4.69) is 0 Å². The molecule has 1 saturated heterocycles. The molecule has 1 aliphatic heterocycles. The first-order valence-corrected chi connectivity index (χ1v) is 5.71. The highest BCUT2D eigenvalue weighted by Crippen LogP contribution is 2.31. The molecule has 1 aromatic carbocycles. The Kier molecular flexibility index (Phi) is 2.34. The zero-order chi connectivity index (χ0) is 13.6. The molecule has 0 saturated carbocycles. The van der Waals surface area contributed by atoms with Gasteiger partial charge >= 0.3 is 5.76 Å². The zero-order valence-corrected chi connectivity index (χ0v) is 10.2. The number of carbonyl (C=O) groups is 1. The maximum Gasteiger partial charge on any atom is 0.419 e. The number of ketones is 1. The highest BCUT2D eigenvalue weighted by atomic mass is 16.5. The number of fused-ring (bicyclic) bond motifs is 1. The quantitative estimate of drug-likeness (QED) is 0.745. The summed E-state index contributed by atoms with van der Waals surface area (Å²) in [5.41, 5.74) is 0.244. The Morgan fingerprint density at radius 3 is 2.79 bits per heavy atom. The number of benzene rings is 1. The Labute approximate surface area is 107 Å². The summed E-state index contributed by atoms with van der Waals surface area (Å²) in [7, 11) is 1.56. The van der Waals surface area contributed by atoms with Crippen LogP contribution in [0.1, 0.15) is 10.4 Å². The molecule has 0 amide bonds. The molecule has 6 nitrogen and oxygen atoms in total. The summed E-state index contributed by atoms with van der Waals surface area (Å²) in [6, 6.07) is 6.71. The molecule has 0 atom stereocenters. The second-order valence-corrected chi connectivity index (χ2v) is 4.63. The summed E-state index contributed by atoms with van der Waals surface area (Å²) in [5.74, 6) is -0.765. The van der Waals surface area contributed by atoms with Crippen LogP contribution in [-0.4, -0.2) is 23.6 Å². The van der Waals surface area contributed by atoms with Crippen LogP contribution in [0.15, 0.2) is 27.4 Å². The highest BCUT2D eigenvalue weighted by Gasteiger charge is 2.46. The first-order valence-electron chi connectivity index (χ1n) is 5.71. The van der Waals surface area contributed by atoms with Crippen molar-refractivity contribution < 1.29 is 13.9 Å². The number of nitriles is 1. The van der Waals surface area contributed by atoms with E-state index in [1.165, 1.54) is 4.57 Å². The monoisotopic (exact) mass is 258 g/mol. The number of rotatable bonds is 2. The lowest BCUT2D eigenvalue weighted by Gasteiger charge is -2.33. The molecule has 3 rings (SSSR count). The van der Waals surface area contributed by atoms with Gasteiger partial charge in [-0.3, -0.25) is 9.36 Å². The van der Waals surface area contributed by atoms with E-state index in [0.717, 1.165) is 0 Å². The normalized spacial score (nSPS) is 16.8. The van der Waals surface area contributed by atoms with Gasteiger partial charge in [-0.1, -0.05) is 0 Å². The molecule has 0 spiro atoms. The summed E-state index contributed by atoms with van der Waals surface area (Å²) in [4.78, 5) is 23.7. The van der Waals surface area contributed by atoms with E-state index in [1.807, 2.05) is 6.07 Å². The second kappa shape index (κ2) is 3.80. The van der Waals surface area contributed by atoms with Gasteiger partial charge in [0.1, 0.15) is 0 Å². The summed E-state index contributed by atoms with van der Waals surface area (Å²) in [6.45, 7) is 0.232. The Hall–Kier alpha value is -2.39. The minimum Gasteiger partial charge on any atom is -0.408 e. The molecule has 6 heteroatoms. The van der Waals surface area contributed by atoms with Crippen LogP contribution in [0.5, 0.6) is 0 Å². The molecule has 1 fully saturated rings. The Morgan fingerprint density at radius 1 is 1.47 bits per heavy atom. The molecule has 2 aromatic rings. The van der Waals surface area contributed by atoms with E-state index in [-0.39, 0.29) is 19.0 Å². The van der Waals surface area contributed by atoms with Crippen LogP contribution in [0.2, 0.25) is 0 Å². The lowest BCUT2D eigenvalue weighted by molar-refractivity contribution is -0.0566. The first kappa shape index (κ1) is 11.7. The molecular formula is C13H10N2O4. The van der Waals surface area contributed by atoms with Gasteiger partial charge in [-0.15, -0.1) is 0 Å². The lowest BCUT2D eigenvalue weighted by Crippen LogP contribution is -2.47. The van der Waals surface area contributed by atoms with Crippen molar-refractivity contribution in [2.45, 2.75) is 0 Å². The minimum atomic E-state index is -1.09. The molecule has 1 aliphatic rings. The van der Waals surface area contributed by atoms with Crippen molar-refractivity contribution in [3.05, 3.63) is 34.3 Å². The van der Waals surface area contributed by atoms with Crippen molar-refractivity contribution in [2.75, 3.05) is 13.2 Å². The molecule has 0 N–H and O–H groups in total. The fraction of sp³-hybridized carbons (Fsp3) is 0.308. The molecule has 19 heavy (non-hydrogen) atoms. The van der Waals surface area contributed by atoms with Crippen molar-refractivity contribution in [1.82, 2.24) is 4.57 Å². The van der Waals surface area contributed by atoms with E-state index < -0.39 is 11.2 Å². The average Bonchev–Trinajstić information content (AvgIpc) is 2.64. The van der Waals surface area contributed by atoms with E-state index in [4.69, 9.17) is 14.4 Å². The third-order valence-electron chi connectivity index (χ3n) is 3.40. The molecule has 0 aliphatic carbocycles. The topological polar surface area (TPSA) is 85.2 Å². The second-order valence-electron chi connectivity index (χ2n) is 4.63. The molecule has 0 radical (unpaired) electrons. The van der Waals surface area contributed by atoms with Gasteiger partial charge in [0, 0.05) is 12.6 Å². The number of carbonyl (C=O) groups excluding carboxylic acids is 1. The summed E-state index contributed by atoms with van der Waals surface area (Å²) in [5, 5.41) is 9.12. The molecule has 2 heterocycles. The predicted octanol–water partition coefficient (Wildman–Crippen LogP) is 0.854. The molecular weight excluding hydrogens is 248 g/mol. The Balaban J connectivity index is 2.11. The zero-order valence-electron chi connectivity index (χ0n) is 10.2. The van der Waals surface area contributed by atoms with Gasteiger partial charge in [0.15, 0.2) is 16.8 Å². The molecule has 96 valence electrons. The third-order valence-corrected chi connectivity index (χ3v) is 3.40. The van der Waals surface area contributed by atoms with Gasteiger partial charge in [-0.2, -0.15) is 5.26 Å². The van der Waals surface area contributed by atoms with E-state index in [1.54, 1.807) is 25.2 Å². The number of aromatic nitrogens is 1. The van der Waals surface area contributed by atoms with Crippen molar-refractivity contribution in [2.24, 2.45) is 12.5 Å². The number of hydrogen-bond donors (Lipinski definition) is 0. The largest absolute Gasteiger partial charge is 0.419 e. The maximum absolute atomic E-state index is 12.3. The van der Waals surface area contributed by atoms with Gasteiger partial charge in [0.05, 0.1) is 24.8 Å². The first-order chi connectivity index (χ1) is 9.07. The van der Waals surface area contributed by atoms with Crippen LogP contribution < -0.4 is 5.76 Å². The Morgan fingerprint density at radius 2 is 2.21 bits per heavy atom. The number of aryl methyl sites for hydroxylation is 1. The fourth-order valence-corrected chi connectivity index (χ4v) is 2.10. The summed E-state index contributed by atoms with van der Waals surface area (Å²) >= 11 is 0. The van der Waals surface area contributed by atoms with Crippen LogP contribution in [0, 0.1) is 16.7 Å². The fourth-order valence-electron chi connectivity index (χ4n) is 2.10. The smallest absolute Gasteiger partial charge is 0.408 e. The van der Waals surface area contributed by atoms with E-state index >= 15 is 0 Å². The highest BCUT2D eigenvalue weighted by molar-refractivity contribution is 6.04. The molecule has 1 aromatic heterocycles. The van der Waals surface area contributed by atoms with Gasteiger partial charge in [0.25, 0.3) is 0 Å². The Bertz CT molecular complexity index is 774. The van der Waals surface area contributed by atoms with E-state index in [9.17, 15) is 9.59 Å². The van der Waals surface area contributed by atoms with Crippen LogP contribution in [-0.2, 0) is 11.8 Å². The van der Waals surface area contributed by atoms with Crippen molar-refractivity contribution in [1.29, 1.82) is 5.26 Å². The minimum absolute atomic E-state index is 0.116. The SMILES string of the molecule is Cn1c(=O)oc2ccc(C(=O)C3(C#N)COC3)cc21. The van der Waals surface area contributed by atoms with Crippen molar-refractivity contribution in [3.63, 3.8) is 0 Å². The third kappa shape index (κ3) is 1.52. The number of hydrogen-bond acceptors (Lipinski definition) is 5.